The number of para-hydroxylation sites is 1. The maximum atomic E-state index is 5.83. The highest BCUT2D eigenvalue weighted by Crippen LogP contribution is 2.40. The Balaban J connectivity index is 2.02. The predicted octanol–water partition coefficient (Wildman–Crippen LogP) is 3.90. The van der Waals surface area contributed by atoms with E-state index in [0.29, 0.717) is 13.2 Å². The number of halogens is 1. The van der Waals surface area contributed by atoms with E-state index < -0.39 is 0 Å². The second kappa shape index (κ2) is 6.54. The molecule has 1 atom stereocenters. The van der Waals surface area contributed by atoms with Gasteiger partial charge in [-0.15, -0.1) is 0 Å². The van der Waals surface area contributed by atoms with Crippen LogP contribution in [0.4, 0.5) is 0 Å². The maximum Gasteiger partial charge on any atom is 0.166 e. The van der Waals surface area contributed by atoms with E-state index in [9.17, 15) is 0 Å². The molecule has 1 aliphatic rings. The van der Waals surface area contributed by atoms with Crippen LogP contribution in [0, 0.1) is 0 Å². The van der Waals surface area contributed by atoms with Gasteiger partial charge in [0, 0.05) is 5.56 Å². The molecule has 0 radical (unpaired) electrons. The highest BCUT2D eigenvalue weighted by molar-refractivity contribution is 9.10. The van der Waals surface area contributed by atoms with Crippen molar-refractivity contribution >= 4 is 15.9 Å². The third kappa shape index (κ3) is 2.94. The van der Waals surface area contributed by atoms with Gasteiger partial charge in [-0.3, -0.25) is 0 Å². The van der Waals surface area contributed by atoms with Crippen LogP contribution in [-0.2, 0) is 0 Å². The number of ether oxygens (including phenoxy) is 2. The molecule has 2 aromatic rings. The van der Waals surface area contributed by atoms with Gasteiger partial charge >= 0.3 is 0 Å². The summed E-state index contributed by atoms with van der Waals surface area (Å²) in [7, 11) is 0. The number of benzene rings is 1. The Hall–Kier alpha value is -1.46. The monoisotopic (exact) mass is 351 g/mol. The SMILES string of the molecule is CCCNC(c1cccc2c1OCCO2)c1occc1Br. The first-order chi connectivity index (χ1) is 10.3. The zero-order chi connectivity index (χ0) is 14.7. The van der Waals surface area contributed by atoms with E-state index in [1.807, 2.05) is 18.2 Å². The van der Waals surface area contributed by atoms with Gasteiger partial charge in [0.25, 0.3) is 0 Å². The number of nitrogens with one attached hydrogen (secondary N) is 1. The molecule has 0 fully saturated rings. The lowest BCUT2D eigenvalue weighted by Crippen LogP contribution is -2.25. The molecule has 0 saturated carbocycles. The zero-order valence-corrected chi connectivity index (χ0v) is 13.5. The van der Waals surface area contributed by atoms with Crippen molar-refractivity contribution in [3.63, 3.8) is 0 Å². The van der Waals surface area contributed by atoms with E-state index in [-0.39, 0.29) is 6.04 Å². The summed E-state index contributed by atoms with van der Waals surface area (Å²) in [5, 5.41) is 3.52. The van der Waals surface area contributed by atoms with Crippen molar-refractivity contribution in [2.24, 2.45) is 0 Å². The van der Waals surface area contributed by atoms with Crippen molar-refractivity contribution in [1.29, 1.82) is 0 Å². The topological polar surface area (TPSA) is 43.6 Å². The van der Waals surface area contributed by atoms with Crippen LogP contribution in [0.5, 0.6) is 11.5 Å². The summed E-state index contributed by atoms with van der Waals surface area (Å²) in [5.41, 5.74) is 1.04. The molecule has 1 N–H and O–H groups in total. The molecule has 112 valence electrons. The largest absolute Gasteiger partial charge is 0.486 e. The quantitative estimate of drug-likeness (QED) is 0.886. The van der Waals surface area contributed by atoms with Crippen LogP contribution in [0.2, 0.25) is 0 Å². The molecule has 1 aromatic heterocycles. The number of hydrogen-bond acceptors (Lipinski definition) is 4. The van der Waals surface area contributed by atoms with Gasteiger partial charge in [-0.2, -0.15) is 0 Å². The van der Waals surface area contributed by atoms with Crippen LogP contribution >= 0.6 is 15.9 Å². The molecule has 2 heterocycles. The molecule has 0 saturated heterocycles. The molecule has 21 heavy (non-hydrogen) atoms. The molecule has 1 aromatic carbocycles. The summed E-state index contributed by atoms with van der Waals surface area (Å²) in [6, 6.07) is 7.82. The summed E-state index contributed by atoms with van der Waals surface area (Å²) in [6.07, 6.45) is 2.73. The third-order valence-corrected chi connectivity index (χ3v) is 4.07. The summed E-state index contributed by atoms with van der Waals surface area (Å²) >= 11 is 3.55. The lowest BCUT2D eigenvalue weighted by Gasteiger charge is -2.25. The Morgan fingerprint density at radius 3 is 2.86 bits per heavy atom. The fourth-order valence-electron chi connectivity index (χ4n) is 2.47. The van der Waals surface area contributed by atoms with Crippen molar-refractivity contribution in [2.75, 3.05) is 19.8 Å². The fourth-order valence-corrected chi connectivity index (χ4v) is 2.90. The minimum Gasteiger partial charge on any atom is -0.486 e. The first kappa shape index (κ1) is 14.5. The molecule has 5 heteroatoms. The van der Waals surface area contributed by atoms with E-state index in [0.717, 1.165) is 40.3 Å². The number of furan rings is 1. The van der Waals surface area contributed by atoms with Gasteiger partial charge in [-0.25, -0.2) is 0 Å². The molecule has 1 aliphatic heterocycles. The van der Waals surface area contributed by atoms with Crippen LogP contribution in [0.3, 0.4) is 0 Å². The number of hydrogen-bond donors (Lipinski definition) is 1. The average Bonchev–Trinajstić information content (AvgIpc) is 2.94. The van der Waals surface area contributed by atoms with E-state index in [1.54, 1.807) is 6.26 Å². The average molecular weight is 352 g/mol. The van der Waals surface area contributed by atoms with Crippen LogP contribution in [0.15, 0.2) is 39.4 Å². The zero-order valence-electron chi connectivity index (χ0n) is 11.9. The maximum absolute atomic E-state index is 5.83. The lowest BCUT2D eigenvalue weighted by molar-refractivity contribution is 0.168. The van der Waals surface area contributed by atoms with Gasteiger partial charge in [-0.05, 0) is 41.0 Å². The summed E-state index contributed by atoms with van der Waals surface area (Å²) in [5.74, 6) is 2.46. The van der Waals surface area contributed by atoms with Crippen molar-refractivity contribution in [3.05, 3.63) is 46.3 Å². The van der Waals surface area contributed by atoms with Gasteiger partial charge in [0.1, 0.15) is 19.0 Å². The number of rotatable bonds is 5. The molecule has 1 unspecified atom stereocenters. The lowest BCUT2D eigenvalue weighted by atomic mass is 10.0. The summed E-state index contributed by atoms with van der Waals surface area (Å²) in [6.45, 7) is 4.20. The molecule has 0 spiro atoms. The highest BCUT2D eigenvalue weighted by atomic mass is 79.9. The molecule has 3 rings (SSSR count). The molecule has 0 aliphatic carbocycles. The van der Waals surface area contributed by atoms with Gasteiger partial charge in [0.05, 0.1) is 16.8 Å². The smallest absolute Gasteiger partial charge is 0.166 e. The van der Waals surface area contributed by atoms with Gasteiger partial charge in [-0.1, -0.05) is 19.1 Å². The Labute approximate surface area is 132 Å². The highest BCUT2D eigenvalue weighted by Gasteiger charge is 2.26. The van der Waals surface area contributed by atoms with Gasteiger partial charge < -0.3 is 19.2 Å². The third-order valence-electron chi connectivity index (χ3n) is 3.41. The van der Waals surface area contributed by atoms with E-state index in [2.05, 4.69) is 34.2 Å². The minimum atomic E-state index is -0.0639. The molecular weight excluding hydrogens is 334 g/mol. The van der Waals surface area contributed by atoms with E-state index in [4.69, 9.17) is 13.9 Å². The van der Waals surface area contributed by atoms with Crippen molar-refractivity contribution < 1.29 is 13.9 Å². The van der Waals surface area contributed by atoms with Crippen LogP contribution in [0.25, 0.3) is 0 Å². The Bertz CT molecular complexity index is 611. The first-order valence-corrected chi connectivity index (χ1v) is 7.95. The van der Waals surface area contributed by atoms with Crippen LogP contribution in [-0.4, -0.2) is 19.8 Å². The molecule has 4 nitrogen and oxygen atoms in total. The number of fused-ring (bicyclic) bond motifs is 1. The minimum absolute atomic E-state index is 0.0639. The Kier molecular flexibility index (Phi) is 4.51. The first-order valence-electron chi connectivity index (χ1n) is 7.16. The van der Waals surface area contributed by atoms with Crippen LogP contribution in [0.1, 0.15) is 30.7 Å². The second-order valence-electron chi connectivity index (χ2n) is 4.89. The van der Waals surface area contributed by atoms with Gasteiger partial charge in [0.15, 0.2) is 11.5 Å². The Morgan fingerprint density at radius 1 is 1.24 bits per heavy atom. The van der Waals surface area contributed by atoms with E-state index in [1.165, 1.54) is 0 Å². The normalized spacial score (nSPS) is 15.0. The van der Waals surface area contributed by atoms with E-state index >= 15 is 0 Å². The van der Waals surface area contributed by atoms with Crippen molar-refractivity contribution in [3.8, 4) is 11.5 Å². The van der Waals surface area contributed by atoms with Crippen molar-refractivity contribution in [1.82, 2.24) is 5.32 Å². The standard InChI is InChI=1S/C16H18BrNO3/c1-2-7-18-14(16-12(17)6-8-20-16)11-4-3-5-13-15(11)21-10-9-19-13/h3-6,8,14,18H,2,7,9-10H2,1H3. The molecule has 0 amide bonds. The van der Waals surface area contributed by atoms with Crippen LogP contribution < -0.4 is 14.8 Å². The predicted molar refractivity (Wildman–Crippen MR) is 84.0 cm³/mol. The van der Waals surface area contributed by atoms with Gasteiger partial charge in [0.2, 0.25) is 0 Å². The van der Waals surface area contributed by atoms with Crippen molar-refractivity contribution in [2.45, 2.75) is 19.4 Å². The summed E-state index contributed by atoms with van der Waals surface area (Å²) in [4.78, 5) is 0. The summed E-state index contributed by atoms with van der Waals surface area (Å²) < 4.78 is 18.1. The molecular formula is C16H18BrNO3. The second-order valence-corrected chi connectivity index (χ2v) is 5.75. The fraction of sp³-hybridized carbons (Fsp3) is 0.375. The molecule has 0 bridgehead atoms. The Morgan fingerprint density at radius 2 is 2.10 bits per heavy atom.